The smallest absolute Gasteiger partial charge is 0.229 e. The van der Waals surface area contributed by atoms with Crippen molar-refractivity contribution >= 4 is 23.1 Å². The average molecular weight is 370 g/mol. The highest BCUT2D eigenvalue weighted by Crippen LogP contribution is 2.33. The fourth-order valence-electron chi connectivity index (χ4n) is 2.67. The van der Waals surface area contributed by atoms with E-state index in [1.807, 2.05) is 6.07 Å². The molecule has 1 aromatic heterocycles. The Balaban J connectivity index is 1.57. The summed E-state index contributed by atoms with van der Waals surface area (Å²) in [4.78, 5) is 8.67. The normalized spacial score (nSPS) is 12.6. The molecule has 0 spiro atoms. The molecule has 0 bridgehead atoms. The first kappa shape index (κ1) is 17.0. The maximum Gasteiger partial charge on any atom is 0.229 e. The number of fused-ring (bicyclic) bond motifs is 1. The molecule has 0 amide bonds. The zero-order chi connectivity index (χ0) is 18.8. The van der Waals surface area contributed by atoms with Crippen LogP contribution in [-0.4, -0.2) is 23.2 Å². The molecular formula is C19H16F2N4O2. The molecule has 0 unspecified atom stereocenters. The van der Waals surface area contributed by atoms with Gasteiger partial charge in [0.25, 0.3) is 0 Å². The summed E-state index contributed by atoms with van der Waals surface area (Å²) in [6, 6.07) is 10.4. The van der Waals surface area contributed by atoms with Crippen LogP contribution in [0.4, 0.5) is 31.9 Å². The maximum absolute atomic E-state index is 13.9. The Labute approximate surface area is 154 Å². The number of nitrogens with one attached hydrogen (secondary N) is 2. The Morgan fingerprint density at radius 2 is 1.70 bits per heavy atom. The van der Waals surface area contributed by atoms with Gasteiger partial charge in [0.15, 0.2) is 11.5 Å². The predicted molar refractivity (Wildman–Crippen MR) is 97.1 cm³/mol. The number of anilines is 4. The van der Waals surface area contributed by atoms with Crippen molar-refractivity contribution in [3.8, 4) is 11.5 Å². The highest BCUT2D eigenvalue weighted by molar-refractivity contribution is 5.63. The first-order valence-electron chi connectivity index (χ1n) is 8.31. The fraction of sp³-hybridized carbons (Fsp3) is 0.158. The van der Waals surface area contributed by atoms with Gasteiger partial charge in [-0.1, -0.05) is 0 Å². The number of benzene rings is 2. The van der Waals surface area contributed by atoms with Crippen molar-refractivity contribution in [1.29, 1.82) is 0 Å². The summed E-state index contributed by atoms with van der Waals surface area (Å²) in [7, 11) is 0. The third-order valence-electron chi connectivity index (χ3n) is 3.85. The van der Waals surface area contributed by atoms with Crippen molar-refractivity contribution in [3.05, 3.63) is 59.8 Å². The van der Waals surface area contributed by atoms with Crippen molar-refractivity contribution in [2.24, 2.45) is 0 Å². The van der Waals surface area contributed by atoms with Gasteiger partial charge in [0.05, 0.1) is 5.69 Å². The molecule has 0 atom stereocenters. The topological polar surface area (TPSA) is 68.3 Å². The average Bonchev–Trinajstić information content (AvgIpc) is 2.63. The van der Waals surface area contributed by atoms with E-state index in [0.29, 0.717) is 42.2 Å². The lowest BCUT2D eigenvalue weighted by atomic mass is 10.2. The van der Waals surface area contributed by atoms with Crippen molar-refractivity contribution in [2.45, 2.75) is 6.92 Å². The van der Waals surface area contributed by atoms with Crippen molar-refractivity contribution in [1.82, 2.24) is 9.97 Å². The molecule has 0 fully saturated rings. The Hall–Kier alpha value is -3.42. The molecule has 6 nitrogen and oxygen atoms in total. The minimum absolute atomic E-state index is 0.125. The van der Waals surface area contributed by atoms with Gasteiger partial charge in [-0.2, -0.15) is 4.98 Å². The molecular weight excluding hydrogens is 354 g/mol. The van der Waals surface area contributed by atoms with Gasteiger partial charge in [-0.3, -0.25) is 0 Å². The molecule has 8 heteroatoms. The van der Waals surface area contributed by atoms with E-state index >= 15 is 0 Å². The molecule has 0 saturated heterocycles. The van der Waals surface area contributed by atoms with E-state index in [1.54, 1.807) is 25.1 Å². The van der Waals surface area contributed by atoms with Crippen LogP contribution in [0.15, 0.2) is 42.5 Å². The second-order valence-electron chi connectivity index (χ2n) is 5.95. The Bertz CT molecular complexity index is 997. The van der Waals surface area contributed by atoms with Crippen molar-refractivity contribution in [3.63, 3.8) is 0 Å². The van der Waals surface area contributed by atoms with Gasteiger partial charge in [-0.15, -0.1) is 0 Å². The number of rotatable bonds is 4. The van der Waals surface area contributed by atoms with Gasteiger partial charge >= 0.3 is 0 Å². The van der Waals surface area contributed by atoms with E-state index < -0.39 is 11.6 Å². The van der Waals surface area contributed by atoms with E-state index in [1.165, 1.54) is 12.1 Å². The minimum atomic E-state index is -0.701. The van der Waals surface area contributed by atoms with E-state index in [-0.39, 0.29) is 5.69 Å². The second kappa shape index (κ2) is 7.06. The molecule has 2 aromatic carbocycles. The number of nitrogens with zero attached hydrogens (tertiary/aromatic N) is 2. The summed E-state index contributed by atoms with van der Waals surface area (Å²) in [5.74, 6) is 0.701. The summed E-state index contributed by atoms with van der Waals surface area (Å²) < 4.78 is 38.0. The zero-order valence-corrected chi connectivity index (χ0v) is 14.4. The molecule has 1 aliphatic rings. The summed E-state index contributed by atoms with van der Waals surface area (Å²) in [6.07, 6.45) is 0. The van der Waals surface area contributed by atoms with Crippen LogP contribution < -0.4 is 20.1 Å². The van der Waals surface area contributed by atoms with Crippen molar-refractivity contribution in [2.75, 3.05) is 23.8 Å². The summed E-state index contributed by atoms with van der Waals surface area (Å²) in [6.45, 7) is 2.81. The maximum atomic E-state index is 13.9. The molecule has 0 aliphatic carbocycles. The largest absolute Gasteiger partial charge is 0.486 e. The predicted octanol–water partition coefficient (Wildman–Crippen LogP) is 4.32. The van der Waals surface area contributed by atoms with Crippen LogP contribution >= 0.6 is 0 Å². The third-order valence-corrected chi connectivity index (χ3v) is 3.85. The number of aryl methyl sites for hydroxylation is 1. The van der Waals surface area contributed by atoms with Gasteiger partial charge in [0, 0.05) is 29.6 Å². The summed E-state index contributed by atoms with van der Waals surface area (Å²) in [5.41, 5.74) is 1.53. The number of halogens is 2. The SMILES string of the molecule is Cc1cc(Nc2ccc(F)cc2F)nc(Nc2ccc3c(c2)OCCO3)n1. The molecule has 2 heterocycles. The fourth-order valence-corrected chi connectivity index (χ4v) is 2.67. The highest BCUT2D eigenvalue weighted by Gasteiger charge is 2.13. The Morgan fingerprint density at radius 3 is 2.52 bits per heavy atom. The van der Waals surface area contributed by atoms with Crippen LogP contribution in [-0.2, 0) is 0 Å². The molecule has 0 saturated carbocycles. The van der Waals surface area contributed by atoms with Gasteiger partial charge in [0.1, 0.15) is 30.7 Å². The molecule has 2 N–H and O–H groups in total. The van der Waals surface area contributed by atoms with Gasteiger partial charge in [-0.05, 0) is 31.2 Å². The number of aromatic nitrogens is 2. The summed E-state index contributed by atoms with van der Waals surface area (Å²) >= 11 is 0. The van der Waals surface area contributed by atoms with Crippen LogP contribution in [0.3, 0.4) is 0 Å². The van der Waals surface area contributed by atoms with Crippen LogP contribution in [0, 0.1) is 18.6 Å². The van der Waals surface area contributed by atoms with Gasteiger partial charge in [0.2, 0.25) is 5.95 Å². The van der Waals surface area contributed by atoms with E-state index in [2.05, 4.69) is 20.6 Å². The standard InChI is InChI=1S/C19H16F2N4O2/c1-11-8-18(24-15-4-2-12(20)9-14(15)21)25-19(22-11)23-13-3-5-16-17(10-13)27-7-6-26-16/h2-5,8-10H,6-7H2,1H3,(H2,22,23,24,25). The van der Waals surface area contributed by atoms with E-state index in [0.717, 1.165) is 11.8 Å². The van der Waals surface area contributed by atoms with Crippen LogP contribution in [0.1, 0.15) is 5.69 Å². The number of hydrogen-bond acceptors (Lipinski definition) is 6. The van der Waals surface area contributed by atoms with Crippen LogP contribution in [0.5, 0.6) is 11.5 Å². The van der Waals surface area contributed by atoms with E-state index in [4.69, 9.17) is 9.47 Å². The lowest BCUT2D eigenvalue weighted by molar-refractivity contribution is 0.171. The highest BCUT2D eigenvalue weighted by atomic mass is 19.1. The zero-order valence-electron chi connectivity index (χ0n) is 14.4. The first-order valence-corrected chi connectivity index (χ1v) is 8.31. The van der Waals surface area contributed by atoms with Gasteiger partial charge < -0.3 is 20.1 Å². The minimum Gasteiger partial charge on any atom is -0.486 e. The summed E-state index contributed by atoms with van der Waals surface area (Å²) in [5, 5.41) is 5.93. The Morgan fingerprint density at radius 1 is 0.889 bits per heavy atom. The van der Waals surface area contributed by atoms with E-state index in [9.17, 15) is 8.78 Å². The molecule has 27 heavy (non-hydrogen) atoms. The molecule has 1 aliphatic heterocycles. The number of ether oxygens (including phenoxy) is 2. The van der Waals surface area contributed by atoms with Gasteiger partial charge in [-0.25, -0.2) is 13.8 Å². The first-order chi connectivity index (χ1) is 13.1. The molecule has 4 rings (SSSR count). The number of hydrogen-bond donors (Lipinski definition) is 2. The second-order valence-corrected chi connectivity index (χ2v) is 5.95. The van der Waals surface area contributed by atoms with Crippen LogP contribution in [0.25, 0.3) is 0 Å². The Kier molecular flexibility index (Phi) is 4.45. The third kappa shape index (κ3) is 3.89. The molecule has 3 aromatic rings. The quantitative estimate of drug-likeness (QED) is 0.713. The molecule has 0 radical (unpaired) electrons. The van der Waals surface area contributed by atoms with Crippen LogP contribution in [0.2, 0.25) is 0 Å². The lowest BCUT2D eigenvalue weighted by Gasteiger charge is -2.19. The van der Waals surface area contributed by atoms with Crippen molar-refractivity contribution < 1.29 is 18.3 Å². The molecule has 138 valence electrons. The monoisotopic (exact) mass is 370 g/mol. The lowest BCUT2D eigenvalue weighted by Crippen LogP contribution is -2.15.